The molecule has 2 aromatic carbocycles. The second-order valence-corrected chi connectivity index (χ2v) is 6.36. The number of hydrogen-bond acceptors (Lipinski definition) is 3. The van der Waals surface area contributed by atoms with Gasteiger partial charge in [-0.05, 0) is 49.4 Å². The molecule has 0 bridgehead atoms. The molecule has 3 rings (SSSR count). The van der Waals surface area contributed by atoms with Gasteiger partial charge in [0.05, 0.1) is 11.6 Å². The Bertz CT molecular complexity index is 817. The van der Waals surface area contributed by atoms with Gasteiger partial charge in [0.2, 0.25) is 0 Å². The van der Waals surface area contributed by atoms with Crippen LogP contribution in [-0.2, 0) is 16.0 Å². The van der Waals surface area contributed by atoms with Gasteiger partial charge in [-0.3, -0.25) is 4.79 Å². The predicted octanol–water partition coefficient (Wildman–Crippen LogP) is 3.70. The van der Waals surface area contributed by atoms with Gasteiger partial charge in [0.15, 0.2) is 6.10 Å². The Morgan fingerprint density at radius 1 is 1.15 bits per heavy atom. The Kier molecular flexibility index (Phi) is 5.30. The molecule has 1 N–H and O–H groups in total. The number of aryl methyl sites for hydroxylation is 1. The number of hydrogen-bond donors (Lipinski definition) is 1. The topological polar surface area (TPSA) is 55.4 Å². The van der Waals surface area contributed by atoms with Crippen LogP contribution in [0.2, 0.25) is 0 Å². The summed E-state index contributed by atoms with van der Waals surface area (Å²) in [6.07, 6.45) is 1.65. The zero-order valence-corrected chi connectivity index (χ0v) is 14.3. The summed E-state index contributed by atoms with van der Waals surface area (Å²) in [4.78, 5) is 24.4. The third kappa shape index (κ3) is 4.07. The number of amides is 1. The van der Waals surface area contributed by atoms with E-state index in [4.69, 9.17) is 4.74 Å². The molecule has 0 radical (unpaired) electrons. The van der Waals surface area contributed by atoms with Crippen LogP contribution in [0, 0.1) is 11.6 Å². The molecule has 1 aliphatic rings. The van der Waals surface area contributed by atoms with Crippen molar-refractivity contribution in [2.24, 2.45) is 0 Å². The van der Waals surface area contributed by atoms with Crippen LogP contribution in [0.25, 0.3) is 0 Å². The van der Waals surface area contributed by atoms with E-state index in [1.807, 2.05) is 24.3 Å². The van der Waals surface area contributed by atoms with E-state index < -0.39 is 29.6 Å². The van der Waals surface area contributed by atoms with Crippen molar-refractivity contribution in [1.82, 2.24) is 5.32 Å². The fourth-order valence-corrected chi connectivity index (χ4v) is 3.15. The molecule has 0 heterocycles. The monoisotopic (exact) mass is 359 g/mol. The molecule has 0 fully saturated rings. The number of ether oxygens (including phenoxy) is 1. The molecule has 4 nitrogen and oxygen atoms in total. The van der Waals surface area contributed by atoms with Crippen molar-refractivity contribution in [3.63, 3.8) is 0 Å². The molecule has 136 valence electrons. The Hall–Kier alpha value is -2.76. The number of fused-ring (bicyclic) bond motifs is 1. The number of halogens is 2. The van der Waals surface area contributed by atoms with Crippen LogP contribution in [0.5, 0.6) is 0 Å². The summed E-state index contributed by atoms with van der Waals surface area (Å²) in [5, 5.41) is 2.89. The minimum Gasteiger partial charge on any atom is -0.449 e. The molecule has 1 aliphatic carbocycles. The van der Waals surface area contributed by atoms with Gasteiger partial charge in [-0.15, -0.1) is 0 Å². The molecular formula is C20H19F2NO3. The highest BCUT2D eigenvalue weighted by Crippen LogP contribution is 2.29. The molecule has 0 aliphatic heterocycles. The molecule has 0 saturated heterocycles. The van der Waals surface area contributed by atoms with E-state index in [9.17, 15) is 18.4 Å². The summed E-state index contributed by atoms with van der Waals surface area (Å²) in [5.41, 5.74) is 1.99. The van der Waals surface area contributed by atoms with Crippen LogP contribution in [0.3, 0.4) is 0 Å². The average molecular weight is 359 g/mol. The van der Waals surface area contributed by atoms with Crippen LogP contribution >= 0.6 is 0 Å². The van der Waals surface area contributed by atoms with Crippen molar-refractivity contribution in [3.05, 3.63) is 70.8 Å². The van der Waals surface area contributed by atoms with Crippen LogP contribution in [-0.4, -0.2) is 18.0 Å². The van der Waals surface area contributed by atoms with Crippen LogP contribution in [0.1, 0.15) is 47.3 Å². The summed E-state index contributed by atoms with van der Waals surface area (Å²) in [7, 11) is 0. The van der Waals surface area contributed by atoms with E-state index in [1.165, 1.54) is 12.5 Å². The first kappa shape index (κ1) is 18.0. The first-order chi connectivity index (χ1) is 12.4. The first-order valence-electron chi connectivity index (χ1n) is 8.49. The normalized spacial score (nSPS) is 17.1. The maximum atomic E-state index is 13.2. The van der Waals surface area contributed by atoms with Gasteiger partial charge in [-0.25, -0.2) is 13.6 Å². The highest BCUT2D eigenvalue weighted by Gasteiger charge is 2.25. The van der Waals surface area contributed by atoms with Crippen molar-refractivity contribution in [2.45, 2.75) is 38.3 Å². The molecule has 0 unspecified atom stereocenters. The molecular weight excluding hydrogens is 340 g/mol. The summed E-state index contributed by atoms with van der Waals surface area (Å²) in [6.45, 7) is 1.43. The van der Waals surface area contributed by atoms with Gasteiger partial charge in [0.25, 0.3) is 5.91 Å². The lowest BCUT2D eigenvalue weighted by atomic mass is 9.87. The Morgan fingerprint density at radius 3 is 2.58 bits per heavy atom. The molecule has 26 heavy (non-hydrogen) atoms. The maximum Gasteiger partial charge on any atom is 0.339 e. The largest absolute Gasteiger partial charge is 0.449 e. The summed E-state index contributed by atoms with van der Waals surface area (Å²) in [6, 6.07) is 10.2. The van der Waals surface area contributed by atoms with Gasteiger partial charge in [0.1, 0.15) is 11.6 Å². The van der Waals surface area contributed by atoms with Crippen LogP contribution < -0.4 is 5.32 Å². The summed E-state index contributed by atoms with van der Waals surface area (Å²) < 4.78 is 31.5. The van der Waals surface area contributed by atoms with Crippen molar-refractivity contribution in [3.8, 4) is 0 Å². The Morgan fingerprint density at radius 2 is 1.85 bits per heavy atom. The highest BCUT2D eigenvalue weighted by atomic mass is 19.1. The van der Waals surface area contributed by atoms with E-state index >= 15 is 0 Å². The van der Waals surface area contributed by atoms with Crippen molar-refractivity contribution in [1.29, 1.82) is 0 Å². The zero-order chi connectivity index (χ0) is 18.7. The quantitative estimate of drug-likeness (QED) is 0.847. The number of esters is 1. The first-order valence-corrected chi connectivity index (χ1v) is 8.49. The predicted molar refractivity (Wildman–Crippen MR) is 91.5 cm³/mol. The van der Waals surface area contributed by atoms with Gasteiger partial charge >= 0.3 is 5.97 Å². The fraction of sp³-hybridized carbons (Fsp3) is 0.300. The lowest BCUT2D eigenvalue weighted by molar-refractivity contribution is -0.130. The van der Waals surface area contributed by atoms with E-state index in [0.717, 1.165) is 37.0 Å². The van der Waals surface area contributed by atoms with E-state index in [0.29, 0.717) is 6.07 Å². The van der Waals surface area contributed by atoms with Crippen molar-refractivity contribution in [2.75, 3.05) is 0 Å². The Balaban J connectivity index is 1.64. The smallest absolute Gasteiger partial charge is 0.339 e. The molecule has 0 aromatic heterocycles. The van der Waals surface area contributed by atoms with Crippen molar-refractivity contribution < 1.29 is 23.1 Å². The number of carbonyl (C=O) groups excluding carboxylic acids is 2. The minimum absolute atomic E-state index is 0.139. The van der Waals surface area contributed by atoms with Gasteiger partial charge < -0.3 is 10.1 Å². The second-order valence-electron chi connectivity index (χ2n) is 6.36. The van der Waals surface area contributed by atoms with Gasteiger partial charge in [-0.2, -0.15) is 0 Å². The third-order valence-electron chi connectivity index (χ3n) is 4.44. The highest BCUT2D eigenvalue weighted by molar-refractivity contribution is 5.92. The maximum absolute atomic E-state index is 13.2. The standard InChI is InChI=1S/C20H19F2NO3/c1-12(26-20(25)14-9-15(21)11-16(22)10-14)19(24)23-18-8-4-6-13-5-2-3-7-17(13)18/h2-3,5,7,9-12,18H,4,6,8H2,1H3,(H,23,24)/t12-,18-/m0/s1. The average Bonchev–Trinajstić information content (AvgIpc) is 2.61. The van der Waals surface area contributed by atoms with E-state index in [1.54, 1.807) is 0 Å². The molecule has 2 atom stereocenters. The Labute approximate surface area is 150 Å². The summed E-state index contributed by atoms with van der Waals surface area (Å²) >= 11 is 0. The van der Waals surface area contributed by atoms with Crippen LogP contribution in [0.4, 0.5) is 8.78 Å². The van der Waals surface area contributed by atoms with E-state index in [2.05, 4.69) is 5.32 Å². The number of benzene rings is 2. The molecule has 6 heteroatoms. The SMILES string of the molecule is C[C@H](OC(=O)c1cc(F)cc(F)c1)C(=O)N[C@H]1CCCc2ccccc21. The van der Waals surface area contributed by atoms with Gasteiger partial charge in [0, 0.05) is 6.07 Å². The van der Waals surface area contributed by atoms with E-state index in [-0.39, 0.29) is 11.6 Å². The van der Waals surface area contributed by atoms with Gasteiger partial charge in [-0.1, -0.05) is 24.3 Å². The fourth-order valence-electron chi connectivity index (χ4n) is 3.15. The number of rotatable bonds is 4. The van der Waals surface area contributed by atoms with Crippen molar-refractivity contribution >= 4 is 11.9 Å². The number of carbonyl (C=O) groups is 2. The molecule has 0 saturated carbocycles. The lowest BCUT2D eigenvalue weighted by Gasteiger charge is -2.27. The molecule has 2 aromatic rings. The lowest BCUT2D eigenvalue weighted by Crippen LogP contribution is -2.39. The summed E-state index contributed by atoms with van der Waals surface area (Å²) in [5.74, 6) is -3.16. The molecule has 1 amide bonds. The minimum atomic E-state index is -1.08. The second kappa shape index (κ2) is 7.64. The number of nitrogens with one attached hydrogen (secondary N) is 1. The zero-order valence-electron chi connectivity index (χ0n) is 14.3. The van der Waals surface area contributed by atoms with Crippen LogP contribution in [0.15, 0.2) is 42.5 Å². The molecule has 0 spiro atoms. The third-order valence-corrected chi connectivity index (χ3v) is 4.44.